The first-order chi connectivity index (χ1) is 9.90. The summed E-state index contributed by atoms with van der Waals surface area (Å²) in [5.41, 5.74) is 0.954. The molecule has 0 aliphatic rings. The number of benzene rings is 1. The molecule has 0 bridgehead atoms. The molecule has 20 heavy (non-hydrogen) atoms. The van der Waals surface area contributed by atoms with E-state index in [0.29, 0.717) is 13.2 Å². The summed E-state index contributed by atoms with van der Waals surface area (Å²) in [5, 5.41) is 4.55. The standard InChI is InChI=1S/C16H23NO3/c1-18-10-11-19-9-5-4-8-17-13-15-12-14-6-2-3-7-16(14)20-15/h2-3,6-7,12,17H,4-5,8-11,13H2,1H3. The molecular formula is C16H23NO3. The summed E-state index contributed by atoms with van der Waals surface area (Å²) in [6.45, 7) is 3.91. The second kappa shape index (κ2) is 8.74. The Morgan fingerprint density at radius 3 is 2.85 bits per heavy atom. The van der Waals surface area contributed by atoms with E-state index in [4.69, 9.17) is 13.9 Å². The average Bonchev–Trinajstić information content (AvgIpc) is 2.88. The van der Waals surface area contributed by atoms with Crippen LogP contribution in [0.2, 0.25) is 0 Å². The van der Waals surface area contributed by atoms with Crippen molar-refractivity contribution in [1.29, 1.82) is 0 Å². The summed E-state index contributed by atoms with van der Waals surface area (Å²) in [7, 11) is 1.69. The number of fused-ring (bicyclic) bond motifs is 1. The molecule has 0 aliphatic carbocycles. The smallest absolute Gasteiger partial charge is 0.134 e. The number of rotatable bonds is 10. The molecule has 0 aliphatic heterocycles. The van der Waals surface area contributed by atoms with Crippen molar-refractivity contribution in [2.45, 2.75) is 19.4 Å². The van der Waals surface area contributed by atoms with Crippen LogP contribution in [0.5, 0.6) is 0 Å². The Labute approximate surface area is 120 Å². The van der Waals surface area contributed by atoms with Crippen molar-refractivity contribution in [3.63, 3.8) is 0 Å². The van der Waals surface area contributed by atoms with Crippen LogP contribution in [-0.2, 0) is 16.0 Å². The Hall–Kier alpha value is -1.36. The Bertz CT molecular complexity index is 462. The van der Waals surface area contributed by atoms with Crippen LogP contribution in [0.3, 0.4) is 0 Å². The number of methoxy groups -OCH3 is 1. The number of para-hydroxylation sites is 1. The van der Waals surface area contributed by atoms with Gasteiger partial charge in [0.05, 0.1) is 19.8 Å². The van der Waals surface area contributed by atoms with Crippen LogP contribution in [0.4, 0.5) is 0 Å². The molecule has 0 spiro atoms. The predicted molar refractivity (Wildman–Crippen MR) is 79.8 cm³/mol. The molecule has 0 radical (unpaired) electrons. The lowest BCUT2D eigenvalue weighted by atomic mass is 10.2. The second-order valence-electron chi connectivity index (χ2n) is 4.74. The molecule has 1 aromatic heterocycles. The Morgan fingerprint density at radius 1 is 1.10 bits per heavy atom. The fourth-order valence-corrected chi connectivity index (χ4v) is 2.03. The highest BCUT2D eigenvalue weighted by Gasteiger charge is 2.01. The van der Waals surface area contributed by atoms with Gasteiger partial charge in [-0.05, 0) is 31.5 Å². The molecule has 1 heterocycles. The monoisotopic (exact) mass is 277 g/mol. The maximum Gasteiger partial charge on any atom is 0.134 e. The highest BCUT2D eigenvalue weighted by molar-refractivity contribution is 5.77. The summed E-state index contributed by atoms with van der Waals surface area (Å²) < 4.78 is 16.1. The van der Waals surface area contributed by atoms with E-state index in [1.807, 2.05) is 18.2 Å². The molecule has 0 unspecified atom stereocenters. The van der Waals surface area contributed by atoms with Crippen LogP contribution in [-0.4, -0.2) is 33.5 Å². The lowest BCUT2D eigenvalue weighted by Gasteiger charge is -2.04. The largest absolute Gasteiger partial charge is 0.460 e. The topological polar surface area (TPSA) is 43.6 Å². The molecule has 0 saturated carbocycles. The van der Waals surface area contributed by atoms with Crippen molar-refractivity contribution in [2.24, 2.45) is 0 Å². The van der Waals surface area contributed by atoms with Gasteiger partial charge < -0.3 is 19.2 Å². The second-order valence-corrected chi connectivity index (χ2v) is 4.74. The van der Waals surface area contributed by atoms with Gasteiger partial charge in [0.1, 0.15) is 11.3 Å². The van der Waals surface area contributed by atoms with Crippen LogP contribution >= 0.6 is 0 Å². The van der Waals surface area contributed by atoms with E-state index in [1.165, 1.54) is 0 Å². The van der Waals surface area contributed by atoms with E-state index in [1.54, 1.807) is 7.11 Å². The molecule has 0 saturated heterocycles. The summed E-state index contributed by atoms with van der Waals surface area (Å²) in [4.78, 5) is 0. The lowest BCUT2D eigenvalue weighted by Crippen LogP contribution is -2.15. The summed E-state index contributed by atoms with van der Waals surface area (Å²) in [6, 6.07) is 10.2. The van der Waals surface area contributed by atoms with E-state index in [0.717, 1.165) is 49.3 Å². The number of hydrogen-bond donors (Lipinski definition) is 1. The first-order valence-corrected chi connectivity index (χ1v) is 7.15. The van der Waals surface area contributed by atoms with Crippen molar-refractivity contribution in [3.05, 3.63) is 36.1 Å². The quantitative estimate of drug-likeness (QED) is 0.678. The zero-order valence-electron chi connectivity index (χ0n) is 12.1. The van der Waals surface area contributed by atoms with E-state index in [9.17, 15) is 0 Å². The summed E-state index contributed by atoms with van der Waals surface area (Å²) >= 11 is 0. The molecule has 4 heteroatoms. The number of unbranched alkanes of at least 4 members (excludes halogenated alkanes) is 1. The molecule has 110 valence electrons. The normalized spacial score (nSPS) is 11.2. The van der Waals surface area contributed by atoms with Gasteiger partial charge in [-0.1, -0.05) is 18.2 Å². The van der Waals surface area contributed by atoms with Gasteiger partial charge in [-0.2, -0.15) is 0 Å². The lowest BCUT2D eigenvalue weighted by molar-refractivity contribution is 0.0688. The zero-order valence-corrected chi connectivity index (χ0v) is 12.1. The maximum atomic E-state index is 5.74. The van der Waals surface area contributed by atoms with Gasteiger partial charge in [0.15, 0.2) is 0 Å². The zero-order chi connectivity index (χ0) is 14.0. The summed E-state index contributed by atoms with van der Waals surface area (Å²) in [6.07, 6.45) is 2.17. The maximum absolute atomic E-state index is 5.74. The Balaban J connectivity index is 1.55. The van der Waals surface area contributed by atoms with Crippen molar-refractivity contribution in [1.82, 2.24) is 5.32 Å². The van der Waals surface area contributed by atoms with E-state index >= 15 is 0 Å². The fraction of sp³-hybridized carbons (Fsp3) is 0.500. The molecule has 1 aromatic carbocycles. The van der Waals surface area contributed by atoms with Crippen molar-refractivity contribution in [2.75, 3.05) is 33.5 Å². The van der Waals surface area contributed by atoms with Crippen LogP contribution in [0.1, 0.15) is 18.6 Å². The minimum Gasteiger partial charge on any atom is -0.460 e. The van der Waals surface area contributed by atoms with Gasteiger partial charge in [0.25, 0.3) is 0 Å². The van der Waals surface area contributed by atoms with Crippen LogP contribution < -0.4 is 5.32 Å². The van der Waals surface area contributed by atoms with Gasteiger partial charge in [-0.25, -0.2) is 0 Å². The third kappa shape index (κ3) is 4.96. The average molecular weight is 277 g/mol. The van der Waals surface area contributed by atoms with Gasteiger partial charge >= 0.3 is 0 Å². The molecule has 2 aromatic rings. The van der Waals surface area contributed by atoms with Crippen molar-refractivity contribution >= 4 is 11.0 Å². The van der Waals surface area contributed by atoms with Gasteiger partial charge in [0, 0.05) is 19.1 Å². The number of ether oxygens (including phenoxy) is 2. The van der Waals surface area contributed by atoms with Gasteiger partial charge in [0.2, 0.25) is 0 Å². The third-order valence-electron chi connectivity index (χ3n) is 3.10. The van der Waals surface area contributed by atoms with Crippen molar-refractivity contribution in [3.8, 4) is 0 Å². The highest BCUT2D eigenvalue weighted by atomic mass is 16.5. The number of furan rings is 1. The molecule has 0 fully saturated rings. The van der Waals surface area contributed by atoms with Crippen molar-refractivity contribution < 1.29 is 13.9 Å². The van der Waals surface area contributed by atoms with Gasteiger partial charge in [-0.15, -0.1) is 0 Å². The van der Waals surface area contributed by atoms with E-state index in [-0.39, 0.29) is 0 Å². The minimum absolute atomic E-state index is 0.671. The van der Waals surface area contributed by atoms with Crippen LogP contribution in [0.15, 0.2) is 34.7 Å². The molecule has 0 atom stereocenters. The summed E-state index contributed by atoms with van der Waals surface area (Å²) in [5.74, 6) is 0.988. The SMILES string of the molecule is COCCOCCCCNCc1cc2ccccc2o1. The molecule has 4 nitrogen and oxygen atoms in total. The first-order valence-electron chi connectivity index (χ1n) is 7.15. The fourth-order valence-electron chi connectivity index (χ4n) is 2.03. The Kier molecular flexibility index (Phi) is 6.57. The number of nitrogens with one attached hydrogen (secondary N) is 1. The molecule has 1 N–H and O–H groups in total. The van der Waals surface area contributed by atoms with E-state index < -0.39 is 0 Å². The number of hydrogen-bond acceptors (Lipinski definition) is 4. The first kappa shape index (κ1) is 15.0. The Morgan fingerprint density at radius 2 is 2.00 bits per heavy atom. The van der Waals surface area contributed by atoms with Gasteiger partial charge in [-0.3, -0.25) is 0 Å². The van der Waals surface area contributed by atoms with Crippen LogP contribution in [0.25, 0.3) is 11.0 Å². The third-order valence-corrected chi connectivity index (χ3v) is 3.10. The molecule has 2 rings (SSSR count). The molecular weight excluding hydrogens is 254 g/mol. The minimum atomic E-state index is 0.671. The van der Waals surface area contributed by atoms with E-state index in [2.05, 4.69) is 17.4 Å². The van der Waals surface area contributed by atoms with Crippen LogP contribution in [0, 0.1) is 0 Å². The highest BCUT2D eigenvalue weighted by Crippen LogP contribution is 2.18. The predicted octanol–water partition coefficient (Wildman–Crippen LogP) is 2.97. The molecule has 0 amide bonds.